The van der Waals surface area contributed by atoms with Crippen LogP contribution in [0, 0.1) is 34.8 Å². The lowest BCUT2D eigenvalue weighted by Crippen LogP contribution is -2.52. The molecule has 1 aromatic rings. The van der Waals surface area contributed by atoms with Gasteiger partial charge in [-0.15, -0.1) is 0 Å². The molecule has 3 aliphatic rings. The molecule has 0 aromatic heterocycles. The molecule has 4 rings (SSSR count). The molecule has 2 atom stereocenters. The van der Waals surface area contributed by atoms with Crippen LogP contribution in [0.25, 0.3) is 0 Å². The van der Waals surface area contributed by atoms with Gasteiger partial charge in [-0.05, 0) is 55.6 Å². The van der Waals surface area contributed by atoms with Crippen LogP contribution in [0.2, 0.25) is 0 Å². The van der Waals surface area contributed by atoms with E-state index >= 15 is 0 Å². The van der Waals surface area contributed by atoms with Gasteiger partial charge < -0.3 is 4.90 Å². The summed E-state index contributed by atoms with van der Waals surface area (Å²) in [6, 6.07) is 4.99. The predicted molar refractivity (Wildman–Crippen MR) is 112 cm³/mol. The summed E-state index contributed by atoms with van der Waals surface area (Å²) in [6.45, 7) is 7.51. The average molecular weight is 388 g/mol. The lowest BCUT2D eigenvalue weighted by atomic mass is 9.75. The first kappa shape index (κ1) is 18.8. The second-order valence-corrected chi connectivity index (χ2v) is 10.0. The maximum atomic E-state index is 11.0. The van der Waals surface area contributed by atoms with Crippen LogP contribution in [0.3, 0.4) is 0 Å². The molecule has 2 saturated carbocycles. The highest BCUT2D eigenvalue weighted by Crippen LogP contribution is 2.53. The van der Waals surface area contributed by atoms with Crippen molar-refractivity contribution in [2.45, 2.75) is 58.4 Å². The van der Waals surface area contributed by atoms with E-state index in [1.54, 1.807) is 18.2 Å². The first-order valence-electron chi connectivity index (χ1n) is 10.1. The van der Waals surface area contributed by atoms with Gasteiger partial charge in [0.25, 0.3) is 5.69 Å². The Morgan fingerprint density at radius 2 is 2.04 bits per heavy atom. The third-order valence-electron chi connectivity index (χ3n) is 6.42. The van der Waals surface area contributed by atoms with E-state index in [4.69, 9.17) is 4.99 Å². The molecule has 0 radical (unpaired) electrons. The summed E-state index contributed by atoms with van der Waals surface area (Å²) < 4.78 is 0. The number of rotatable bonds is 4. The topological polar surface area (TPSA) is 58.7 Å². The summed E-state index contributed by atoms with van der Waals surface area (Å²) in [7, 11) is 0. The largest absolute Gasteiger partial charge is 0.344 e. The molecule has 1 heterocycles. The standard InChI is InChI=1S/C21H29N3O2S/c1-14(2)12-23-20(22-19-7-6-18(24(25)26)8-15(19)3)27-13-21(23)10-16-4-5-17(9-16)11-21/h6-8,14,16-17H,4-5,9-13H2,1-3H3/b22-20-. The van der Waals surface area contributed by atoms with E-state index in [9.17, 15) is 10.1 Å². The van der Waals surface area contributed by atoms with Crippen molar-refractivity contribution in [3.63, 3.8) is 0 Å². The number of nitro groups is 1. The molecule has 6 heteroatoms. The minimum absolute atomic E-state index is 0.134. The zero-order chi connectivity index (χ0) is 19.2. The zero-order valence-corrected chi connectivity index (χ0v) is 17.3. The van der Waals surface area contributed by atoms with Gasteiger partial charge in [-0.2, -0.15) is 0 Å². The quantitative estimate of drug-likeness (QED) is 0.502. The highest BCUT2D eigenvalue weighted by atomic mass is 32.2. The Bertz CT molecular complexity index is 765. The van der Waals surface area contributed by atoms with E-state index in [0.717, 1.165) is 40.6 Å². The van der Waals surface area contributed by atoms with Crippen LogP contribution < -0.4 is 0 Å². The maximum absolute atomic E-state index is 11.0. The van der Waals surface area contributed by atoms with Gasteiger partial charge in [0.2, 0.25) is 0 Å². The first-order valence-corrected chi connectivity index (χ1v) is 11.1. The molecule has 146 valence electrons. The number of hydrogen-bond donors (Lipinski definition) is 0. The summed E-state index contributed by atoms with van der Waals surface area (Å²) in [4.78, 5) is 18.3. The smallest absolute Gasteiger partial charge is 0.269 e. The van der Waals surface area contributed by atoms with Crippen molar-refractivity contribution in [2.75, 3.05) is 12.3 Å². The van der Waals surface area contributed by atoms with Crippen molar-refractivity contribution in [1.29, 1.82) is 0 Å². The van der Waals surface area contributed by atoms with Crippen molar-refractivity contribution < 1.29 is 4.92 Å². The highest BCUT2D eigenvalue weighted by Gasteiger charge is 2.51. The number of hydrogen-bond acceptors (Lipinski definition) is 4. The van der Waals surface area contributed by atoms with Crippen LogP contribution in [0.1, 0.15) is 51.5 Å². The molecule has 5 nitrogen and oxygen atoms in total. The summed E-state index contributed by atoms with van der Waals surface area (Å²) in [5, 5.41) is 12.1. The van der Waals surface area contributed by atoms with Crippen molar-refractivity contribution >= 4 is 28.3 Å². The fraction of sp³-hybridized carbons (Fsp3) is 0.667. The molecule has 3 fully saturated rings. The number of aryl methyl sites for hydroxylation is 1. The SMILES string of the molecule is Cc1cc([N+](=O)[O-])ccc1/N=C1\SCC2(CC3CCC(C3)C2)N1CC(C)C. The first-order chi connectivity index (χ1) is 12.9. The molecule has 1 saturated heterocycles. The van der Waals surface area contributed by atoms with Crippen LogP contribution >= 0.6 is 11.8 Å². The molecular formula is C21H29N3O2S. The van der Waals surface area contributed by atoms with Gasteiger partial charge in [0.05, 0.1) is 16.1 Å². The van der Waals surface area contributed by atoms with E-state index in [0.29, 0.717) is 5.92 Å². The van der Waals surface area contributed by atoms with Gasteiger partial charge in [0.1, 0.15) is 0 Å². The third kappa shape index (κ3) is 3.60. The Labute approximate surface area is 165 Å². The Morgan fingerprint density at radius 3 is 2.63 bits per heavy atom. The Kier molecular flexibility index (Phi) is 4.95. The number of nitro benzene ring substituents is 1. The van der Waals surface area contributed by atoms with E-state index in [2.05, 4.69) is 18.7 Å². The van der Waals surface area contributed by atoms with Crippen molar-refractivity contribution in [3.05, 3.63) is 33.9 Å². The Balaban J connectivity index is 1.66. The fourth-order valence-corrected chi connectivity index (χ4v) is 6.69. The average Bonchev–Trinajstić information content (AvgIpc) is 3.10. The van der Waals surface area contributed by atoms with E-state index in [-0.39, 0.29) is 16.1 Å². The van der Waals surface area contributed by atoms with E-state index in [1.165, 1.54) is 32.1 Å². The van der Waals surface area contributed by atoms with Crippen LogP contribution in [-0.4, -0.2) is 32.8 Å². The molecule has 2 aliphatic carbocycles. The zero-order valence-electron chi connectivity index (χ0n) is 16.5. The summed E-state index contributed by atoms with van der Waals surface area (Å²) in [5.74, 6) is 3.50. The number of fused-ring (bicyclic) bond motifs is 2. The second kappa shape index (κ2) is 7.12. The number of aliphatic imine (C=N–C) groups is 1. The summed E-state index contributed by atoms with van der Waals surface area (Å²) in [5.41, 5.74) is 2.13. The minimum atomic E-state index is -0.341. The monoisotopic (exact) mass is 387 g/mol. The van der Waals surface area contributed by atoms with Crippen molar-refractivity contribution in [2.24, 2.45) is 22.7 Å². The van der Waals surface area contributed by atoms with Gasteiger partial charge >= 0.3 is 0 Å². The van der Waals surface area contributed by atoms with Crippen molar-refractivity contribution in [3.8, 4) is 0 Å². The number of non-ortho nitro benzene ring substituents is 1. The molecule has 2 bridgehead atoms. The van der Waals surface area contributed by atoms with Crippen LogP contribution in [0.4, 0.5) is 11.4 Å². The van der Waals surface area contributed by atoms with Crippen LogP contribution in [-0.2, 0) is 0 Å². The van der Waals surface area contributed by atoms with Gasteiger partial charge in [-0.1, -0.05) is 38.5 Å². The fourth-order valence-electron chi connectivity index (χ4n) is 5.31. The molecule has 1 aromatic carbocycles. The Hall–Kier alpha value is -1.56. The lowest BCUT2D eigenvalue weighted by Gasteiger charge is -2.45. The lowest BCUT2D eigenvalue weighted by molar-refractivity contribution is -0.384. The van der Waals surface area contributed by atoms with Crippen LogP contribution in [0.5, 0.6) is 0 Å². The molecular weight excluding hydrogens is 358 g/mol. The van der Waals surface area contributed by atoms with E-state index in [1.807, 2.05) is 18.7 Å². The normalized spacial score (nSPS) is 31.4. The maximum Gasteiger partial charge on any atom is 0.269 e. The van der Waals surface area contributed by atoms with Gasteiger partial charge in [0, 0.05) is 24.4 Å². The number of amidine groups is 1. The molecule has 2 unspecified atom stereocenters. The molecule has 1 aliphatic heterocycles. The molecule has 0 amide bonds. The molecule has 1 spiro atoms. The summed E-state index contributed by atoms with van der Waals surface area (Å²) >= 11 is 1.89. The second-order valence-electron chi connectivity index (χ2n) is 9.09. The van der Waals surface area contributed by atoms with E-state index < -0.39 is 0 Å². The predicted octanol–water partition coefficient (Wildman–Crippen LogP) is 5.54. The molecule has 27 heavy (non-hydrogen) atoms. The number of benzene rings is 1. The number of nitrogens with zero attached hydrogens (tertiary/aromatic N) is 3. The van der Waals surface area contributed by atoms with Crippen molar-refractivity contribution in [1.82, 2.24) is 4.90 Å². The van der Waals surface area contributed by atoms with Crippen LogP contribution in [0.15, 0.2) is 23.2 Å². The third-order valence-corrected chi connectivity index (χ3v) is 7.67. The number of thioether (sulfide) groups is 1. The van der Waals surface area contributed by atoms with Gasteiger partial charge in [-0.3, -0.25) is 10.1 Å². The van der Waals surface area contributed by atoms with Gasteiger partial charge in [0.15, 0.2) is 5.17 Å². The molecule has 0 N–H and O–H groups in total. The van der Waals surface area contributed by atoms with Gasteiger partial charge in [-0.25, -0.2) is 4.99 Å². The highest BCUT2D eigenvalue weighted by molar-refractivity contribution is 8.14. The summed E-state index contributed by atoms with van der Waals surface area (Å²) in [6.07, 6.45) is 6.85. The Morgan fingerprint density at radius 1 is 1.33 bits per heavy atom. The minimum Gasteiger partial charge on any atom is -0.344 e.